The number of aryl methyl sites for hydroxylation is 1. The van der Waals surface area contributed by atoms with Crippen LogP contribution >= 0.6 is 0 Å². The van der Waals surface area contributed by atoms with E-state index in [0.717, 1.165) is 25.7 Å². The van der Waals surface area contributed by atoms with Crippen molar-refractivity contribution >= 4 is 5.97 Å². The van der Waals surface area contributed by atoms with Crippen molar-refractivity contribution in [3.63, 3.8) is 0 Å². The molecule has 0 N–H and O–H groups in total. The van der Waals surface area contributed by atoms with E-state index in [2.05, 4.69) is 24.3 Å². The summed E-state index contributed by atoms with van der Waals surface area (Å²) in [5.74, 6) is 0.0294. The Labute approximate surface area is 104 Å². The lowest BCUT2D eigenvalue weighted by Crippen LogP contribution is -2.17. The van der Waals surface area contributed by atoms with Crippen molar-refractivity contribution in [2.24, 2.45) is 5.92 Å². The maximum absolute atomic E-state index is 11.6. The Morgan fingerprint density at radius 2 is 1.94 bits per heavy atom. The van der Waals surface area contributed by atoms with Gasteiger partial charge in [-0.15, -0.1) is 0 Å². The van der Waals surface area contributed by atoms with Gasteiger partial charge in [0, 0.05) is 0 Å². The van der Waals surface area contributed by atoms with E-state index >= 15 is 0 Å². The van der Waals surface area contributed by atoms with Gasteiger partial charge in [0.25, 0.3) is 0 Å². The molecule has 0 spiro atoms. The molecule has 0 aliphatic carbocycles. The number of carbonyl (C=O) groups is 1. The molecule has 0 aliphatic heterocycles. The third-order valence-corrected chi connectivity index (χ3v) is 2.97. The van der Waals surface area contributed by atoms with Crippen LogP contribution in [-0.4, -0.2) is 12.6 Å². The van der Waals surface area contributed by atoms with Crippen LogP contribution in [-0.2, 0) is 16.0 Å². The van der Waals surface area contributed by atoms with Gasteiger partial charge in [-0.25, -0.2) is 0 Å². The summed E-state index contributed by atoms with van der Waals surface area (Å²) in [6.07, 6.45) is 3.87. The number of carbonyl (C=O) groups excluding carboxylic acids is 1. The van der Waals surface area contributed by atoms with Crippen LogP contribution in [0.25, 0.3) is 0 Å². The number of ether oxygens (including phenoxy) is 1. The van der Waals surface area contributed by atoms with Crippen LogP contribution in [0.15, 0.2) is 30.3 Å². The third-order valence-electron chi connectivity index (χ3n) is 2.97. The zero-order valence-electron chi connectivity index (χ0n) is 10.8. The molecule has 1 rings (SSSR count). The summed E-state index contributed by atoms with van der Waals surface area (Å²) in [5.41, 5.74) is 1.34. The summed E-state index contributed by atoms with van der Waals surface area (Å²) < 4.78 is 5.06. The molecule has 0 heterocycles. The van der Waals surface area contributed by atoms with Crippen molar-refractivity contribution in [1.82, 2.24) is 0 Å². The third kappa shape index (κ3) is 5.03. The van der Waals surface area contributed by atoms with Crippen molar-refractivity contribution in [1.29, 1.82) is 0 Å². The van der Waals surface area contributed by atoms with Gasteiger partial charge in [0.1, 0.15) is 0 Å². The zero-order valence-corrected chi connectivity index (χ0v) is 10.8. The summed E-state index contributed by atoms with van der Waals surface area (Å²) in [7, 11) is 0. The molecule has 0 aromatic heterocycles. The molecule has 0 bridgehead atoms. The Hall–Kier alpha value is -1.31. The van der Waals surface area contributed by atoms with Gasteiger partial charge in [0.05, 0.1) is 12.5 Å². The van der Waals surface area contributed by atoms with Gasteiger partial charge >= 0.3 is 5.97 Å². The molecule has 0 unspecified atom stereocenters. The van der Waals surface area contributed by atoms with Crippen molar-refractivity contribution in [3.8, 4) is 0 Å². The molecular weight excluding hydrogens is 212 g/mol. The van der Waals surface area contributed by atoms with Gasteiger partial charge in [0.2, 0.25) is 0 Å². The van der Waals surface area contributed by atoms with Crippen LogP contribution in [0.1, 0.15) is 38.7 Å². The van der Waals surface area contributed by atoms with E-state index < -0.39 is 0 Å². The molecular formula is C15H22O2. The first-order valence-electron chi connectivity index (χ1n) is 6.48. The maximum Gasteiger partial charge on any atom is 0.308 e. The topological polar surface area (TPSA) is 26.3 Å². The second-order valence-electron chi connectivity index (χ2n) is 4.24. The van der Waals surface area contributed by atoms with Crippen LogP contribution in [0.5, 0.6) is 0 Å². The largest absolute Gasteiger partial charge is 0.466 e. The summed E-state index contributed by atoms with van der Waals surface area (Å²) >= 11 is 0. The molecule has 0 amide bonds. The molecule has 2 nitrogen and oxygen atoms in total. The van der Waals surface area contributed by atoms with Gasteiger partial charge in [0.15, 0.2) is 0 Å². The van der Waals surface area contributed by atoms with Crippen molar-refractivity contribution in [2.45, 2.75) is 39.5 Å². The standard InChI is InChI=1S/C15H22O2/c1-3-14(15(16)17-4-2)12-8-11-13-9-6-5-7-10-13/h5-7,9-10,14H,3-4,8,11-12H2,1-2H3/t14-/m1/s1. The van der Waals surface area contributed by atoms with Gasteiger partial charge in [-0.3, -0.25) is 4.79 Å². The first-order chi connectivity index (χ1) is 8.27. The lowest BCUT2D eigenvalue weighted by Gasteiger charge is -2.13. The predicted octanol–water partition coefficient (Wildman–Crippen LogP) is 3.60. The predicted molar refractivity (Wildman–Crippen MR) is 69.8 cm³/mol. The average molecular weight is 234 g/mol. The molecule has 17 heavy (non-hydrogen) atoms. The minimum absolute atomic E-state index is 0.0388. The smallest absolute Gasteiger partial charge is 0.308 e. The van der Waals surface area contributed by atoms with E-state index in [1.165, 1.54) is 5.56 Å². The highest BCUT2D eigenvalue weighted by Crippen LogP contribution is 2.15. The minimum atomic E-state index is -0.0388. The van der Waals surface area contributed by atoms with E-state index in [1.807, 2.05) is 19.9 Å². The SMILES string of the molecule is CCOC(=O)[C@H](CC)CCCc1ccccc1. The minimum Gasteiger partial charge on any atom is -0.466 e. The Balaban J connectivity index is 2.31. The molecule has 1 aromatic carbocycles. The molecule has 0 aliphatic rings. The van der Waals surface area contributed by atoms with E-state index in [1.54, 1.807) is 0 Å². The van der Waals surface area contributed by atoms with Crippen LogP contribution in [0.4, 0.5) is 0 Å². The van der Waals surface area contributed by atoms with E-state index in [4.69, 9.17) is 4.74 Å². The lowest BCUT2D eigenvalue weighted by molar-refractivity contribution is -0.148. The first kappa shape index (κ1) is 13.8. The van der Waals surface area contributed by atoms with Crippen LogP contribution in [0.3, 0.4) is 0 Å². The number of benzene rings is 1. The zero-order chi connectivity index (χ0) is 12.5. The van der Waals surface area contributed by atoms with Crippen molar-refractivity contribution < 1.29 is 9.53 Å². The molecule has 2 heteroatoms. The molecule has 0 fully saturated rings. The lowest BCUT2D eigenvalue weighted by atomic mass is 9.97. The quantitative estimate of drug-likeness (QED) is 0.674. The fourth-order valence-electron chi connectivity index (χ4n) is 1.95. The Morgan fingerprint density at radius 3 is 2.53 bits per heavy atom. The van der Waals surface area contributed by atoms with Crippen LogP contribution < -0.4 is 0 Å². The number of rotatable bonds is 7. The van der Waals surface area contributed by atoms with Crippen LogP contribution in [0, 0.1) is 5.92 Å². The highest BCUT2D eigenvalue weighted by molar-refractivity contribution is 5.72. The highest BCUT2D eigenvalue weighted by atomic mass is 16.5. The van der Waals surface area contributed by atoms with Crippen molar-refractivity contribution in [3.05, 3.63) is 35.9 Å². The fourth-order valence-corrected chi connectivity index (χ4v) is 1.95. The van der Waals surface area contributed by atoms with Crippen LogP contribution in [0.2, 0.25) is 0 Å². The molecule has 1 aromatic rings. The van der Waals surface area contributed by atoms with Gasteiger partial charge in [-0.2, -0.15) is 0 Å². The summed E-state index contributed by atoms with van der Waals surface area (Å²) in [6.45, 7) is 4.38. The summed E-state index contributed by atoms with van der Waals surface area (Å²) in [4.78, 5) is 11.6. The monoisotopic (exact) mass is 234 g/mol. The molecule has 94 valence electrons. The molecule has 1 atom stereocenters. The van der Waals surface area contributed by atoms with Gasteiger partial charge in [-0.05, 0) is 38.2 Å². The second-order valence-corrected chi connectivity index (χ2v) is 4.24. The van der Waals surface area contributed by atoms with E-state index in [0.29, 0.717) is 6.61 Å². The fraction of sp³-hybridized carbons (Fsp3) is 0.533. The normalized spacial score (nSPS) is 12.1. The molecule has 0 radical (unpaired) electrons. The number of hydrogen-bond acceptors (Lipinski definition) is 2. The Bertz CT molecular complexity index is 319. The Morgan fingerprint density at radius 1 is 1.24 bits per heavy atom. The number of hydrogen-bond donors (Lipinski definition) is 0. The average Bonchev–Trinajstić information content (AvgIpc) is 2.36. The maximum atomic E-state index is 11.6. The molecule has 0 saturated heterocycles. The Kier molecular flexibility index (Phi) is 6.38. The van der Waals surface area contributed by atoms with E-state index in [-0.39, 0.29) is 11.9 Å². The van der Waals surface area contributed by atoms with Gasteiger partial charge in [-0.1, -0.05) is 37.3 Å². The summed E-state index contributed by atoms with van der Waals surface area (Å²) in [6, 6.07) is 10.4. The second kappa shape index (κ2) is 7.88. The summed E-state index contributed by atoms with van der Waals surface area (Å²) in [5, 5.41) is 0. The van der Waals surface area contributed by atoms with E-state index in [9.17, 15) is 4.79 Å². The van der Waals surface area contributed by atoms with Gasteiger partial charge < -0.3 is 4.74 Å². The molecule has 0 saturated carbocycles. The first-order valence-corrected chi connectivity index (χ1v) is 6.48. The number of esters is 1. The van der Waals surface area contributed by atoms with Crippen molar-refractivity contribution in [2.75, 3.05) is 6.61 Å². The highest BCUT2D eigenvalue weighted by Gasteiger charge is 2.16.